The molecule has 6 aromatic heterocycles. The zero-order chi connectivity index (χ0) is 101. The lowest BCUT2D eigenvalue weighted by Crippen LogP contribution is -2.17. The van der Waals surface area contributed by atoms with Crippen LogP contribution in [0.4, 0.5) is 0 Å². The van der Waals surface area contributed by atoms with Crippen LogP contribution in [0.15, 0.2) is 266 Å². The number of aromatic nitrogens is 6. The number of fused-ring (bicyclic) bond motifs is 5. The molecule has 1 aliphatic carbocycles. The third-order valence-electron chi connectivity index (χ3n) is 23.3. The molecule has 12 nitrogen and oxygen atoms in total. The van der Waals surface area contributed by atoms with Gasteiger partial charge in [-0.1, -0.05) is 414 Å². The number of benzene rings is 7. The van der Waals surface area contributed by atoms with E-state index in [-0.39, 0.29) is 85.9 Å². The van der Waals surface area contributed by atoms with E-state index in [1.54, 1.807) is 36.2 Å². The summed E-state index contributed by atoms with van der Waals surface area (Å²) in [6, 6.07) is 66.3. The average Bonchev–Trinajstić information content (AvgIpc) is 1.40. The fourth-order valence-corrected chi connectivity index (χ4v) is 14.6. The predicted molar refractivity (Wildman–Crippen MR) is 614 cm³/mol. The lowest BCUT2D eigenvalue weighted by molar-refractivity contribution is 0.171. The van der Waals surface area contributed by atoms with Crippen LogP contribution >= 0.6 is 11.3 Å². The second kappa shape index (κ2) is 57.0. The van der Waals surface area contributed by atoms with Crippen LogP contribution < -0.4 is 23.7 Å². The second-order valence-electron chi connectivity index (χ2n) is 47.8. The maximum Gasteiger partial charge on any atom is 0.161 e. The van der Waals surface area contributed by atoms with Crippen molar-refractivity contribution < 1.29 is 28.1 Å². The molecule has 4 aliphatic rings. The highest BCUT2D eigenvalue weighted by Crippen LogP contribution is 2.39. The fourth-order valence-electron chi connectivity index (χ4n) is 13.8. The van der Waals surface area contributed by atoms with Gasteiger partial charge in [0.1, 0.15) is 25.3 Å². The van der Waals surface area contributed by atoms with Gasteiger partial charge in [-0.25, -0.2) is 9.97 Å². The Kier molecular flexibility index (Phi) is 51.9. The van der Waals surface area contributed by atoms with Crippen molar-refractivity contribution in [1.29, 1.82) is 0 Å². The molecule has 7 aromatic carbocycles. The van der Waals surface area contributed by atoms with Crippen molar-refractivity contribution in [3.05, 3.63) is 345 Å². The SMILES string of the molecule is C.C.C.C.C.CC(C)(C)c1ccc2c(c1)CCC2.CC(C)(C)c1ccc2c(c1)OCC2.CC(C)(C)c1ccc2c(c1)OCCCO2.CC(C)(C)c1ccc2c(c1)OCCO2.CC(C)(C)c1ccc2ccccc2c1.CC(C)(C)c1ccccc1.CC(C)(C)c1cccnc1.CC(C)(C)c1cccs1.CC(C)(C)c1ccncc1.CC(C)(C)c1ccoc1.CC(C)(C)c1cn[nH]c1.CC(C)(C)c1cncnc1. The van der Waals surface area contributed by atoms with E-state index in [1.807, 2.05) is 79.0 Å². The van der Waals surface area contributed by atoms with Crippen LogP contribution in [0.3, 0.4) is 0 Å². The van der Waals surface area contributed by atoms with Crippen molar-refractivity contribution in [3.63, 3.8) is 0 Å². The van der Waals surface area contributed by atoms with E-state index in [9.17, 15) is 0 Å². The lowest BCUT2D eigenvalue weighted by atomic mass is 9.85. The molecule has 0 amide bonds. The van der Waals surface area contributed by atoms with Gasteiger partial charge < -0.3 is 28.1 Å². The minimum absolute atomic E-state index is 0. The number of ether oxygens (including phenoxy) is 5. The molecule has 0 saturated carbocycles. The van der Waals surface area contributed by atoms with Crippen LogP contribution in [0.2, 0.25) is 0 Å². The van der Waals surface area contributed by atoms with Crippen LogP contribution in [-0.4, -0.2) is 63.2 Å². The smallest absolute Gasteiger partial charge is 0.161 e. The summed E-state index contributed by atoms with van der Waals surface area (Å²) in [5, 5.41) is 11.4. The van der Waals surface area contributed by atoms with Gasteiger partial charge in [-0.15, -0.1) is 11.3 Å². The van der Waals surface area contributed by atoms with Crippen LogP contribution in [-0.2, 0) is 84.2 Å². The first-order valence-corrected chi connectivity index (χ1v) is 49.8. The maximum atomic E-state index is 5.66. The summed E-state index contributed by atoms with van der Waals surface area (Å²) in [6.45, 7) is 83.0. The van der Waals surface area contributed by atoms with E-state index >= 15 is 0 Å². The van der Waals surface area contributed by atoms with Gasteiger partial charge in [0, 0.05) is 61.1 Å². The van der Waals surface area contributed by atoms with E-state index in [0.29, 0.717) is 29.5 Å². The molecule has 0 radical (unpaired) electrons. The van der Waals surface area contributed by atoms with Crippen molar-refractivity contribution in [2.45, 2.75) is 383 Å². The number of pyridine rings is 2. The van der Waals surface area contributed by atoms with Gasteiger partial charge in [-0.3, -0.25) is 15.1 Å². The number of nitrogens with one attached hydrogen (secondary N) is 1. The monoisotopic (exact) mass is 1940 g/mol. The molecule has 13 aromatic rings. The first-order chi connectivity index (χ1) is 63.1. The van der Waals surface area contributed by atoms with Crippen molar-refractivity contribution in [2.24, 2.45) is 0 Å². The number of hydrogen-bond acceptors (Lipinski definition) is 12. The molecule has 0 fully saturated rings. The van der Waals surface area contributed by atoms with Crippen LogP contribution in [0, 0.1) is 0 Å². The molecule has 141 heavy (non-hydrogen) atoms. The average molecular weight is 1940 g/mol. The number of furan rings is 1. The number of aryl methyl sites for hydroxylation is 2. The molecule has 0 saturated heterocycles. The zero-order valence-electron chi connectivity index (χ0n) is 90.5. The minimum atomic E-state index is 0. The van der Waals surface area contributed by atoms with Crippen LogP contribution in [0.1, 0.15) is 382 Å². The summed E-state index contributed by atoms with van der Waals surface area (Å²) in [5.74, 6) is 4.60. The molecule has 0 bridgehead atoms. The molecular formula is C128H192N6O6S. The number of hydrogen-bond donors (Lipinski definition) is 1. The van der Waals surface area contributed by atoms with Crippen molar-refractivity contribution in [2.75, 3.05) is 33.0 Å². The summed E-state index contributed by atoms with van der Waals surface area (Å²) < 4.78 is 32.7. The lowest BCUT2D eigenvalue weighted by Gasteiger charge is -2.23. The highest BCUT2D eigenvalue weighted by Gasteiger charge is 2.25. The number of thiophene rings is 1. The van der Waals surface area contributed by atoms with Crippen LogP contribution in [0.25, 0.3) is 10.8 Å². The van der Waals surface area contributed by atoms with Crippen molar-refractivity contribution >= 4 is 22.1 Å². The van der Waals surface area contributed by atoms with E-state index in [4.69, 9.17) is 28.1 Å². The fraction of sp³-hybridized carbons (Fsp3) is 0.492. The van der Waals surface area contributed by atoms with Crippen LogP contribution in [0.5, 0.6) is 28.7 Å². The van der Waals surface area contributed by atoms with Gasteiger partial charge in [-0.2, -0.15) is 5.10 Å². The highest BCUT2D eigenvalue weighted by molar-refractivity contribution is 7.10. The molecular weight excluding hydrogens is 1750 g/mol. The van der Waals surface area contributed by atoms with Crippen molar-refractivity contribution in [1.82, 2.24) is 30.1 Å². The van der Waals surface area contributed by atoms with Gasteiger partial charge in [0.25, 0.3) is 0 Å². The van der Waals surface area contributed by atoms with Gasteiger partial charge in [0.05, 0.1) is 38.5 Å². The topological polar surface area (TPSA) is 140 Å². The quantitative estimate of drug-likeness (QED) is 0.155. The summed E-state index contributed by atoms with van der Waals surface area (Å²) in [4.78, 5) is 17.4. The van der Waals surface area contributed by atoms with Gasteiger partial charge >= 0.3 is 0 Å². The maximum absolute atomic E-state index is 5.66. The number of nitrogens with zero attached hydrogens (tertiary/aromatic N) is 5. The third-order valence-corrected chi connectivity index (χ3v) is 24.6. The first-order valence-electron chi connectivity index (χ1n) is 49.0. The Hall–Kier alpha value is -10.6. The molecule has 13 heteroatoms. The molecule has 0 spiro atoms. The predicted octanol–water partition coefficient (Wildman–Crippen LogP) is 36.5. The van der Waals surface area contributed by atoms with E-state index in [2.05, 4.69) is 449 Å². The number of aromatic amines is 1. The van der Waals surface area contributed by atoms with Gasteiger partial charge in [0.2, 0.25) is 0 Å². The Bertz CT molecular complexity index is 5180. The second-order valence-corrected chi connectivity index (χ2v) is 48.8. The van der Waals surface area contributed by atoms with Crippen molar-refractivity contribution in [3.8, 4) is 28.7 Å². The Morgan fingerprint density at radius 3 is 1.06 bits per heavy atom. The number of H-pyrrole nitrogens is 1. The van der Waals surface area contributed by atoms with E-state index in [0.717, 1.165) is 61.4 Å². The largest absolute Gasteiger partial charge is 0.493 e. The first kappa shape index (κ1) is 128. The molecule has 1 N–H and O–H groups in total. The molecule has 0 atom stereocenters. The third kappa shape index (κ3) is 46.1. The molecule has 17 rings (SSSR count). The normalized spacial score (nSPS) is 12.8. The molecule has 776 valence electrons. The minimum Gasteiger partial charge on any atom is -0.493 e. The highest BCUT2D eigenvalue weighted by atomic mass is 32.1. The molecule has 0 unspecified atom stereocenters. The Labute approximate surface area is 864 Å². The zero-order valence-corrected chi connectivity index (χ0v) is 91.3. The van der Waals surface area contributed by atoms with E-state index in [1.165, 1.54) is 102 Å². The molecule has 9 heterocycles. The summed E-state index contributed by atoms with van der Waals surface area (Å²) in [7, 11) is 0. The van der Waals surface area contributed by atoms with E-state index < -0.39 is 0 Å². The Morgan fingerprint density at radius 1 is 0.255 bits per heavy atom. The molecule has 3 aliphatic heterocycles. The van der Waals surface area contributed by atoms with Gasteiger partial charge in [-0.05, 0) is 239 Å². The Balaban J connectivity index is 0.000000770. The summed E-state index contributed by atoms with van der Waals surface area (Å²) in [6.07, 6.45) is 25.9. The summed E-state index contributed by atoms with van der Waals surface area (Å²) in [5.41, 5.74) is 21.9. The summed E-state index contributed by atoms with van der Waals surface area (Å²) >= 11 is 1.83. The Morgan fingerprint density at radius 2 is 0.660 bits per heavy atom. The number of rotatable bonds is 0. The standard InChI is InChI=1S/C14H16.C13H18O2.C13H18.C12H16O2.C12H16O.C10H14.2C9H13N.C8H12N2.C8H12O.C8H12S.C7H12N2.5CH4/c1-14(2,3)13-9-8-11-6-4-5-7-12(11)10-13;1-13(2,3)10-5-6-11-12(9-10)15-8-4-7-14-11;1-13(2,3)12-8-7-10-5-4-6-11(10)9-12;1-12(2,3)9-4-5-10-11(8-9)14-7-6-13-10;1-12(2,3)10-5-4-9-6-7-13-11(9)8-10;1-10(2,3)9-7-5-4-6-8-9;1-9(2,3)8-4-6-10-7-5-8;1-9(2,3)8-5-4-6-10-7-8;1-8(2,3)7-4-9-6-10-5-7;1-8(2,3)7-4-5-9-6-7;1-8(2,3)7-5-4-6-9-7;1-7(2,3)6-4-8-9-5-6;;;;;/h4-10H,1-3H3;5-6,9H,4,7-8H2,1-3H3;7-9H,4-6H2,1-3H3;4-5,8H,6-7H2,1-3H3;4-5,8H,6-7H2,1-3H3;4-8H,1-3H3;2*4-7H,1-3H3;4-6H,1-3H3;2*4-6H,1-3H3;4-5H,1-3H3,(H,8,9);5*1H4. The van der Waals surface area contributed by atoms with Gasteiger partial charge in [0.15, 0.2) is 23.0 Å².